The van der Waals surface area contributed by atoms with Gasteiger partial charge in [-0.15, -0.1) is 0 Å². The van der Waals surface area contributed by atoms with Crippen LogP contribution in [0.2, 0.25) is 0 Å². The summed E-state index contributed by atoms with van der Waals surface area (Å²) in [6.45, 7) is 0. The van der Waals surface area contributed by atoms with Crippen LogP contribution in [0.25, 0.3) is 10.8 Å². The number of hydrogen-bond acceptors (Lipinski definition) is 2. The van der Waals surface area contributed by atoms with E-state index in [9.17, 15) is 14.7 Å². The molecule has 120 valence electrons. The summed E-state index contributed by atoms with van der Waals surface area (Å²) in [5.74, 6) is -0.886. The molecule has 0 bridgehead atoms. The van der Waals surface area contributed by atoms with Crippen molar-refractivity contribution in [1.29, 1.82) is 0 Å². The van der Waals surface area contributed by atoms with Crippen molar-refractivity contribution in [1.82, 2.24) is 5.32 Å². The summed E-state index contributed by atoms with van der Waals surface area (Å²) in [6, 6.07) is 13.3. The van der Waals surface area contributed by atoms with E-state index < -0.39 is 12.0 Å². The summed E-state index contributed by atoms with van der Waals surface area (Å²) in [7, 11) is 0. The molecule has 4 nitrogen and oxygen atoms in total. The van der Waals surface area contributed by atoms with Crippen LogP contribution >= 0.6 is 0 Å². The highest BCUT2D eigenvalue weighted by atomic mass is 16.4. The van der Waals surface area contributed by atoms with Crippen LogP contribution < -0.4 is 5.32 Å². The molecule has 0 aliphatic heterocycles. The van der Waals surface area contributed by atoms with E-state index in [1.54, 1.807) is 0 Å². The number of carbonyl (C=O) groups is 2. The highest BCUT2D eigenvalue weighted by Gasteiger charge is 2.26. The molecule has 0 aromatic heterocycles. The van der Waals surface area contributed by atoms with Gasteiger partial charge in [0.1, 0.15) is 0 Å². The summed E-state index contributed by atoms with van der Waals surface area (Å²) in [5.41, 5.74) is 0.845. The Morgan fingerprint density at radius 3 is 2.48 bits per heavy atom. The zero-order valence-electron chi connectivity index (χ0n) is 13.0. The molecule has 1 fully saturated rings. The lowest BCUT2D eigenvalue weighted by Gasteiger charge is -2.20. The van der Waals surface area contributed by atoms with E-state index in [-0.39, 0.29) is 18.2 Å². The molecule has 2 aromatic carbocycles. The molecule has 0 heterocycles. The van der Waals surface area contributed by atoms with Crippen LogP contribution in [0.5, 0.6) is 0 Å². The van der Waals surface area contributed by atoms with Crippen molar-refractivity contribution in [2.45, 2.75) is 38.1 Å². The van der Waals surface area contributed by atoms with Crippen LogP contribution in [0.1, 0.15) is 43.7 Å². The van der Waals surface area contributed by atoms with Gasteiger partial charge in [-0.05, 0) is 35.2 Å². The molecule has 0 unspecified atom stereocenters. The number of hydrogen-bond donors (Lipinski definition) is 2. The fourth-order valence-electron chi connectivity index (χ4n) is 3.33. The Hall–Kier alpha value is -2.36. The minimum atomic E-state index is -0.908. The first kappa shape index (κ1) is 15.5. The molecule has 1 aliphatic carbocycles. The molecule has 1 atom stereocenters. The van der Waals surface area contributed by atoms with Gasteiger partial charge in [0, 0.05) is 5.92 Å². The van der Waals surface area contributed by atoms with Gasteiger partial charge in [0.25, 0.3) is 0 Å². The normalized spacial score (nSPS) is 16.3. The Morgan fingerprint density at radius 2 is 1.78 bits per heavy atom. The van der Waals surface area contributed by atoms with Crippen LogP contribution in [0.3, 0.4) is 0 Å². The molecule has 1 saturated carbocycles. The van der Waals surface area contributed by atoms with E-state index in [4.69, 9.17) is 0 Å². The maximum absolute atomic E-state index is 12.4. The lowest BCUT2D eigenvalue weighted by atomic mass is 9.98. The third-order valence-corrected chi connectivity index (χ3v) is 4.60. The van der Waals surface area contributed by atoms with Crippen molar-refractivity contribution in [3.63, 3.8) is 0 Å². The average molecular weight is 311 g/mol. The standard InChI is InChI=1S/C19H21NO3/c21-18(22)12-17(20-19(23)14-6-2-3-7-14)16-10-9-13-5-1-4-8-15(13)11-16/h1,4-5,8-11,14,17H,2-3,6-7,12H2,(H,20,23)(H,21,22)/t17-/m0/s1. The fraction of sp³-hybridized carbons (Fsp3) is 0.368. The van der Waals surface area contributed by atoms with Crippen molar-refractivity contribution >= 4 is 22.6 Å². The number of aliphatic carboxylic acids is 1. The molecule has 1 aliphatic rings. The molecule has 4 heteroatoms. The third kappa shape index (κ3) is 3.70. The highest BCUT2D eigenvalue weighted by Crippen LogP contribution is 2.27. The minimum absolute atomic E-state index is 0.0121. The number of fused-ring (bicyclic) bond motifs is 1. The number of carboxylic acids is 1. The van der Waals surface area contributed by atoms with E-state index in [2.05, 4.69) is 5.32 Å². The molecular weight excluding hydrogens is 290 g/mol. The summed E-state index contributed by atoms with van der Waals surface area (Å²) in [5, 5.41) is 14.3. The molecule has 2 aromatic rings. The van der Waals surface area contributed by atoms with Gasteiger partial charge in [-0.2, -0.15) is 0 Å². The van der Waals surface area contributed by atoms with Gasteiger partial charge in [-0.3, -0.25) is 9.59 Å². The molecule has 0 spiro atoms. The Labute approximate surface area is 135 Å². The van der Waals surface area contributed by atoms with Crippen molar-refractivity contribution in [2.75, 3.05) is 0 Å². The maximum atomic E-state index is 12.4. The number of carboxylic acid groups (broad SMARTS) is 1. The van der Waals surface area contributed by atoms with Crippen molar-refractivity contribution in [3.05, 3.63) is 48.0 Å². The van der Waals surface area contributed by atoms with E-state index in [0.29, 0.717) is 0 Å². The van der Waals surface area contributed by atoms with Crippen LogP contribution in [-0.4, -0.2) is 17.0 Å². The van der Waals surface area contributed by atoms with Gasteiger partial charge in [0.05, 0.1) is 12.5 Å². The molecule has 3 rings (SSSR count). The van der Waals surface area contributed by atoms with Gasteiger partial charge in [-0.1, -0.05) is 49.2 Å². The second-order valence-electron chi connectivity index (χ2n) is 6.25. The molecule has 23 heavy (non-hydrogen) atoms. The second kappa shape index (κ2) is 6.82. The molecule has 0 saturated heterocycles. The Bertz CT molecular complexity index is 719. The number of carbonyl (C=O) groups excluding carboxylic acids is 1. The van der Waals surface area contributed by atoms with E-state index in [0.717, 1.165) is 42.0 Å². The zero-order valence-corrected chi connectivity index (χ0v) is 13.0. The third-order valence-electron chi connectivity index (χ3n) is 4.60. The summed E-state index contributed by atoms with van der Waals surface area (Å²) in [4.78, 5) is 23.6. The largest absolute Gasteiger partial charge is 0.481 e. The van der Waals surface area contributed by atoms with Crippen molar-refractivity contribution < 1.29 is 14.7 Å². The quantitative estimate of drug-likeness (QED) is 0.885. The summed E-state index contributed by atoms with van der Waals surface area (Å²) in [6.07, 6.45) is 3.87. The smallest absolute Gasteiger partial charge is 0.305 e. The van der Waals surface area contributed by atoms with Crippen LogP contribution in [0.15, 0.2) is 42.5 Å². The first-order valence-electron chi connectivity index (χ1n) is 8.14. The van der Waals surface area contributed by atoms with E-state index in [1.165, 1.54) is 0 Å². The average Bonchev–Trinajstić information content (AvgIpc) is 3.08. The number of nitrogens with one attached hydrogen (secondary N) is 1. The summed E-state index contributed by atoms with van der Waals surface area (Å²) < 4.78 is 0. The van der Waals surface area contributed by atoms with Gasteiger partial charge in [0.2, 0.25) is 5.91 Å². The first-order chi connectivity index (χ1) is 11.1. The predicted octanol–water partition coefficient (Wildman–Crippen LogP) is 3.66. The topological polar surface area (TPSA) is 66.4 Å². The van der Waals surface area contributed by atoms with Crippen LogP contribution in [0, 0.1) is 5.92 Å². The maximum Gasteiger partial charge on any atom is 0.305 e. The highest BCUT2D eigenvalue weighted by molar-refractivity contribution is 5.84. The Morgan fingerprint density at radius 1 is 1.09 bits per heavy atom. The summed E-state index contributed by atoms with van der Waals surface area (Å²) >= 11 is 0. The number of rotatable bonds is 5. The molecule has 2 N–H and O–H groups in total. The van der Waals surface area contributed by atoms with Gasteiger partial charge >= 0.3 is 5.97 Å². The van der Waals surface area contributed by atoms with Crippen LogP contribution in [-0.2, 0) is 9.59 Å². The Kier molecular flexibility index (Phi) is 4.60. The second-order valence-corrected chi connectivity index (χ2v) is 6.25. The lowest BCUT2D eigenvalue weighted by Crippen LogP contribution is -2.34. The van der Waals surface area contributed by atoms with E-state index >= 15 is 0 Å². The Balaban J connectivity index is 1.84. The van der Waals surface area contributed by atoms with Gasteiger partial charge in [-0.25, -0.2) is 0 Å². The molecular formula is C19H21NO3. The molecule has 0 radical (unpaired) electrons. The predicted molar refractivity (Wildman–Crippen MR) is 89.0 cm³/mol. The fourth-order valence-corrected chi connectivity index (χ4v) is 3.33. The van der Waals surface area contributed by atoms with Crippen LogP contribution in [0.4, 0.5) is 0 Å². The zero-order chi connectivity index (χ0) is 16.2. The van der Waals surface area contributed by atoms with Gasteiger partial charge < -0.3 is 10.4 Å². The minimum Gasteiger partial charge on any atom is -0.481 e. The number of amides is 1. The monoisotopic (exact) mass is 311 g/mol. The first-order valence-corrected chi connectivity index (χ1v) is 8.14. The SMILES string of the molecule is O=C(O)C[C@H](NC(=O)C1CCCC1)c1ccc2ccccc2c1. The van der Waals surface area contributed by atoms with E-state index in [1.807, 2.05) is 42.5 Å². The van der Waals surface area contributed by atoms with Crippen molar-refractivity contribution in [3.8, 4) is 0 Å². The number of benzene rings is 2. The molecule has 1 amide bonds. The lowest BCUT2D eigenvalue weighted by molar-refractivity contribution is -0.137. The van der Waals surface area contributed by atoms with Gasteiger partial charge in [0.15, 0.2) is 0 Å². The van der Waals surface area contributed by atoms with Crippen molar-refractivity contribution in [2.24, 2.45) is 5.92 Å².